The van der Waals surface area contributed by atoms with Crippen molar-refractivity contribution in [3.63, 3.8) is 0 Å². The molecule has 1 aliphatic rings. The van der Waals surface area contributed by atoms with Crippen LogP contribution in [0.4, 0.5) is 0 Å². The Morgan fingerprint density at radius 3 is 1.57 bits per heavy atom. The van der Waals surface area contributed by atoms with Crippen LogP contribution in [0.2, 0.25) is 11.5 Å². The van der Waals surface area contributed by atoms with Crippen LogP contribution in [0, 0.1) is 0 Å². The molecule has 0 amide bonds. The van der Waals surface area contributed by atoms with Gasteiger partial charge in [0.1, 0.15) is 0 Å². The van der Waals surface area contributed by atoms with E-state index >= 15 is 0 Å². The van der Waals surface area contributed by atoms with Crippen LogP contribution in [0.5, 0.6) is 0 Å². The van der Waals surface area contributed by atoms with Crippen LogP contribution >= 0.6 is 0 Å². The Hall–Kier alpha value is -6.24. The molecule has 0 saturated heterocycles. The van der Waals surface area contributed by atoms with Gasteiger partial charge in [-0.2, -0.15) is 0 Å². The number of aromatic nitrogens is 4. The molecule has 0 N–H and O–H groups in total. The summed E-state index contributed by atoms with van der Waals surface area (Å²) >= 11 is -2.98. The Morgan fingerprint density at radius 2 is 0.943 bits per heavy atom. The van der Waals surface area contributed by atoms with Gasteiger partial charge in [-0.1, -0.05) is 0 Å². The molecule has 1 aliphatic heterocycles. The standard InChI is InChI=1S/C48H34GeN4/c1-49(2)40-30-34(26-27-39(40)45-43(49)44(31-16-6-3-7-17-31)50-48(51-45)32-18-8-4-9-19-32)53-42-25-15-13-23-36(42)38-29-28-37-35-22-12-14-24-41(35)52(46(37)47(38)53)33-20-10-5-11-21-33/h3-30H,1-2H3. The van der Waals surface area contributed by atoms with Gasteiger partial charge in [0.15, 0.2) is 0 Å². The average molecular weight is 739 g/mol. The van der Waals surface area contributed by atoms with Crippen LogP contribution in [0.3, 0.4) is 0 Å². The van der Waals surface area contributed by atoms with Crippen molar-refractivity contribution in [1.29, 1.82) is 0 Å². The van der Waals surface area contributed by atoms with Crippen molar-refractivity contribution in [3.05, 3.63) is 170 Å². The molecule has 0 bridgehead atoms. The third kappa shape index (κ3) is 4.36. The Labute approximate surface area is 310 Å². The van der Waals surface area contributed by atoms with Gasteiger partial charge in [-0.3, -0.25) is 0 Å². The first-order valence-corrected chi connectivity index (χ1v) is 24.6. The van der Waals surface area contributed by atoms with E-state index in [4.69, 9.17) is 9.97 Å². The van der Waals surface area contributed by atoms with E-state index in [1.54, 1.807) is 0 Å². The molecule has 53 heavy (non-hydrogen) atoms. The summed E-state index contributed by atoms with van der Waals surface area (Å²) in [6, 6.07) is 61.4. The fraction of sp³-hybridized carbons (Fsp3) is 0.0417. The van der Waals surface area contributed by atoms with E-state index < -0.39 is 13.3 Å². The molecule has 3 aromatic heterocycles. The summed E-state index contributed by atoms with van der Waals surface area (Å²) in [6.07, 6.45) is 0. The van der Waals surface area contributed by atoms with Crippen LogP contribution in [-0.2, 0) is 0 Å². The third-order valence-electron chi connectivity index (χ3n) is 11.3. The molecule has 0 radical (unpaired) electrons. The Balaban J connectivity index is 1.22. The number of rotatable bonds is 4. The second-order valence-corrected chi connectivity index (χ2v) is 23.6. The SMILES string of the molecule is [CH3][Ge]1([CH3])[c]2cc(-n3c4ccccc4c4ccc5c6ccccc6n(-c6ccccc6)c5c43)ccc2-c2nc(-c3ccccc3)nc(-c3ccccc3)[c]21. The predicted molar refractivity (Wildman–Crippen MR) is 224 cm³/mol. The number of hydrogen-bond donors (Lipinski definition) is 0. The van der Waals surface area contributed by atoms with Gasteiger partial charge in [0.2, 0.25) is 0 Å². The first-order chi connectivity index (χ1) is 26.1. The summed E-state index contributed by atoms with van der Waals surface area (Å²) < 4.78 is 7.78. The Kier molecular flexibility index (Phi) is 6.53. The third-order valence-corrected chi connectivity index (χ3v) is 18.6. The number of para-hydroxylation sites is 3. The summed E-state index contributed by atoms with van der Waals surface area (Å²) in [6.45, 7) is 0. The summed E-state index contributed by atoms with van der Waals surface area (Å²) in [5, 5.41) is 5.02. The zero-order valence-corrected chi connectivity index (χ0v) is 31.6. The van der Waals surface area contributed by atoms with E-state index in [1.165, 1.54) is 63.7 Å². The van der Waals surface area contributed by atoms with Gasteiger partial charge in [-0.05, 0) is 0 Å². The van der Waals surface area contributed by atoms with E-state index in [1.807, 2.05) is 6.07 Å². The molecule has 0 spiro atoms. The predicted octanol–water partition coefficient (Wildman–Crippen LogP) is 10.8. The Bertz CT molecular complexity index is 3070. The molecule has 0 fully saturated rings. The maximum absolute atomic E-state index is 5.37. The molecule has 7 aromatic carbocycles. The second-order valence-electron chi connectivity index (χ2n) is 14.6. The van der Waals surface area contributed by atoms with Gasteiger partial charge in [0.25, 0.3) is 0 Å². The molecule has 4 heterocycles. The van der Waals surface area contributed by atoms with Crippen molar-refractivity contribution in [2.24, 2.45) is 0 Å². The molecule has 0 saturated carbocycles. The summed E-state index contributed by atoms with van der Waals surface area (Å²) in [5.41, 5.74) is 12.8. The number of benzene rings is 7. The van der Waals surface area contributed by atoms with Crippen molar-refractivity contribution in [1.82, 2.24) is 19.1 Å². The molecule has 11 rings (SSSR count). The van der Waals surface area contributed by atoms with Crippen molar-refractivity contribution in [2.75, 3.05) is 0 Å². The molecular weight excluding hydrogens is 705 g/mol. The van der Waals surface area contributed by atoms with E-state index in [0.717, 1.165) is 34.0 Å². The fourth-order valence-electron chi connectivity index (χ4n) is 8.91. The zero-order valence-electron chi connectivity index (χ0n) is 29.5. The monoisotopic (exact) mass is 740 g/mol. The fourth-order valence-corrected chi connectivity index (χ4v) is 15.7. The maximum atomic E-state index is 5.37. The molecular formula is C48H34GeN4. The number of hydrogen-bond acceptors (Lipinski definition) is 2. The quantitative estimate of drug-likeness (QED) is 0.169. The minimum absolute atomic E-state index is 0.775. The van der Waals surface area contributed by atoms with Crippen LogP contribution in [0.25, 0.3) is 88.9 Å². The van der Waals surface area contributed by atoms with Gasteiger partial charge in [-0.15, -0.1) is 0 Å². The van der Waals surface area contributed by atoms with Crippen molar-refractivity contribution in [2.45, 2.75) is 11.5 Å². The summed E-state index contributed by atoms with van der Waals surface area (Å²) in [4.78, 5) is 10.7. The molecule has 5 heteroatoms. The number of nitrogens with zero attached hydrogens (tertiary/aromatic N) is 4. The van der Waals surface area contributed by atoms with Crippen LogP contribution in [-0.4, -0.2) is 32.4 Å². The van der Waals surface area contributed by atoms with Gasteiger partial charge in [0, 0.05) is 0 Å². The minimum atomic E-state index is -2.98. The van der Waals surface area contributed by atoms with E-state index in [0.29, 0.717) is 0 Å². The topological polar surface area (TPSA) is 35.6 Å². The number of fused-ring (bicyclic) bond motifs is 10. The van der Waals surface area contributed by atoms with Gasteiger partial charge < -0.3 is 0 Å². The van der Waals surface area contributed by atoms with Crippen molar-refractivity contribution in [3.8, 4) is 45.3 Å². The zero-order chi connectivity index (χ0) is 35.3. The van der Waals surface area contributed by atoms with Crippen molar-refractivity contribution >= 4 is 65.7 Å². The first kappa shape index (κ1) is 30.4. The summed E-state index contributed by atoms with van der Waals surface area (Å²) in [7, 11) is 0. The molecule has 4 nitrogen and oxygen atoms in total. The van der Waals surface area contributed by atoms with Crippen molar-refractivity contribution < 1.29 is 0 Å². The van der Waals surface area contributed by atoms with Crippen LogP contribution in [0.1, 0.15) is 0 Å². The van der Waals surface area contributed by atoms with Gasteiger partial charge >= 0.3 is 311 Å². The van der Waals surface area contributed by atoms with Gasteiger partial charge in [0.05, 0.1) is 0 Å². The van der Waals surface area contributed by atoms with E-state index in [2.05, 4.69) is 184 Å². The average Bonchev–Trinajstić information content (AvgIpc) is 3.82. The molecule has 10 aromatic rings. The second kappa shape index (κ2) is 11.4. The van der Waals surface area contributed by atoms with Crippen LogP contribution < -0.4 is 8.79 Å². The molecule has 250 valence electrons. The molecule has 0 atom stereocenters. The van der Waals surface area contributed by atoms with E-state index in [-0.39, 0.29) is 0 Å². The molecule has 0 aliphatic carbocycles. The summed E-state index contributed by atoms with van der Waals surface area (Å²) in [5.74, 6) is 5.81. The Morgan fingerprint density at radius 1 is 0.434 bits per heavy atom. The normalized spacial score (nSPS) is 13.2. The van der Waals surface area contributed by atoms with Gasteiger partial charge in [-0.25, -0.2) is 0 Å². The van der Waals surface area contributed by atoms with E-state index in [9.17, 15) is 0 Å². The molecule has 0 unspecified atom stereocenters. The first-order valence-electron chi connectivity index (χ1n) is 18.3. The van der Waals surface area contributed by atoms with Crippen LogP contribution in [0.15, 0.2) is 170 Å².